The van der Waals surface area contributed by atoms with Crippen molar-refractivity contribution in [2.24, 2.45) is 0 Å². The predicted octanol–water partition coefficient (Wildman–Crippen LogP) is -2.42. The minimum atomic E-state index is -1.85. The highest BCUT2D eigenvalue weighted by molar-refractivity contribution is 5.81. The molecule has 7 nitrogen and oxygen atoms in total. The molecule has 0 spiro atoms. The fourth-order valence-electron chi connectivity index (χ4n) is 0.956. The predicted molar refractivity (Wildman–Crippen MR) is 61.1 cm³/mol. The van der Waals surface area contributed by atoms with Gasteiger partial charge in [0.15, 0.2) is 6.10 Å². The van der Waals surface area contributed by atoms with E-state index in [1.54, 1.807) is 6.92 Å². The van der Waals surface area contributed by atoms with Crippen LogP contribution in [0, 0.1) is 0 Å². The van der Waals surface area contributed by atoms with Crippen LogP contribution in [0.3, 0.4) is 0 Å². The Labute approximate surface area is 101 Å². The summed E-state index contributed by atoms with van der Waals surface area (Å²) >= 11 is 0. The summed E-state index contributed by atoms with van der Waals surface area (Å²) in [7, 11) is 0. The van der Waals surface area contributed by atoms with Crippen molar-refractivity contribution in [1.29, 1.82) is 0 Å². The average Bonchev–Trinajstić information content (AvgIpc) is 2.37. The molecule has 0 fully saturated rings. The van der Waals surface area contributed by atoms with Gasteiger partial charge in [-0.1, -0.05) is 13.8 Å². The number of amides is 1. The third-order valence-corrected chi connectivity index (χ3v) is 1.87. The van der Waals surface area contributed by atoms with Crippen LogP contribution in [0.15, 0.2) is 0 Å². The van der Waals surface area contributed by atoms with Gasteiger partial charge >= 0.3 is 0 Å². The third kappa shape index (κ3) is 6.54. The zero-order valence-corrected chi connectivity index (χ0v) is 10.4. The van der Waals surface area contributed by atoms with Gasteiger partial charge in [0.2, 0.25) is 0 Å². The maximum absolute atomic E-state index is 11.0. The number of likely N-dealkylation sites (N-methyl/N-ethyl adjacent to an activating group) is 1. The lowest BCUT2D eigenvalue weighted by Crippen LogP contribution is -2.51. The Morgan fingerprint density at radius 1 is 1.12 bits per heavy atom. The standard InChI is InChI=1S/C8H17NO6.C2H6/c1-2-9-8(15)7(14)6(13)5(12)4(11)3-10;1-2/h4-7,10-14H,2-3H2,1H3,(H,9,15);1-2H3. The molecule has 0 aromatic heterocycles. The van der Waals surface area contributed by atoms with Gasteiger partial charge in [-0.3, -0.25) is 4.79 Å². The Bertz CT molecular complexity index is 201. The van der Waals surface area contributed by atoms with Crippen molar-refractivity contribution in [2.75, 3.05) is 13.2 Å². The van der Waals surface area contributed by atoms with E-state index in [2.05, 4.69) is 5.32 Å². The normalized spacial score (nSPS) is 17.2. The van der Waals surface area contributed by atoms with Crippen LogP contribution in [-0.2, 0) is 4.79 Å². The maximum atomic E-state index is 11.0. The highest BCUT2D eigenvalue weighted by Crippen LogP contribution is 2.05. The topological polar surface area (TPSA) is 130 Å². The molecule has 0 bridgehead atoms. The molecular formula is C10H23NO6. The van der Waals surface area contributed by atoms with Crippen LogP contribution in [0.4, 0.5) is 0 Å². The van der Waals surface area contributed by atoms with Gasteiger partial charge in [-0.2, -0.15) is 0 Å². The summed E-state index contributed by atoms with van der Waals surface area (Å²) in [6, 6.07) is 0. The number of aliphatic hydroxyl groups excluding tert-OH is 5. The molecule has 1 amide bonds. The molecule has 6 N–H and O–H groups in total. The van der Waals surface area contributed by atoms with Gasteiger partial charge in [0.05, 0.1) is 6.61 Å². The second-order valence-corrected chi connectivity index (χ2v) is 3.07. The summed E-state index contributed by atoms with van der Waals surface area (Å²) < 4.78 is 0. The third-order valence-electron chi connectivity index (χ3n) is 1.87. The van der Waals surface area contributed by atoms with Crippen molar-refractivity contribution in [1.82, 2.24) is 5.32 Å². The molecule has 4 atom stereocenters. The van der Waals surface area contributed by atoms with Gasteiger partial charge in [-0.05, 0) is 6.92 Å². The zero-order valence-electron chi connectivity index (χ0n) is 10.4. The van der Waals surface area contributed by atoms with E-state index in [0.29, 0.717) is 0 Å². The fraction of sp³-hybridized carbons (Fsp3) is 0.900. The molecule has 17 heavy (non-hydrogen) atoms. The van der Waals surface area contributed by atoms with Crippen molar-refractivity contribution < 1.29 is 30.3 Å². The lowest BCUT2D eigenvalue weighted by atomic mass is 10.0. The lowest BCUT2D eigenvalue weighted by Gasteiger charge is -2.24. The monoisotopic (exact) mass is 253 g/mol. The molecule has 4 unspecified atom stereocenters. The minimum Gasteiger partial charge on any atom is -0.394 e. The molecule has 0 radical (unpaired) electrons. The summed E-state index contributed by atoms with van der Waals surface area (Å²) in [4.78, 5) is 11.0. The molecule has 7 heteroatoms. The SMILES string of the molecule is CC.CCNC(=O)C(O)C(O)C(O)C(O)CO. The molecule has 0 aliphatic heterocycles. The van der Waals surface area contributed by atoms with E-state index < -0.39 is 36.9 Å². The largest absolute Gasteiger partial charge is 0.394 e. The molecule has 0 rings (SSSR count). The van der Waals surface area contributed by atoms with Crippen LogP contribution < -0.4 is 5.32 Å². The van der Waals surface area contributed by atoms with E-state index in [1.165, 1.54) is 0 Å². The molecule has 0 heterocycles. The molecular weight excluding hydrogens is 230 g/mol. The Balaban J connectivity index is 0. The first kappa shape index (κ1) is 18.6. The molecule has 0 aromatic carbocycles. The summed E-state index contributed by atoms with van der Waals surface area (Å²) in [6.07, 6.45) is -7.09. The summed E-state index contributed by atoms with van der Waals surface area (Å²) in [6.45, 7) is 5.11. The van der Waals surface area contributed by atoms with Crippen LogP contribution in [0.1, 0.15) is 20.8 Å². The Morgan fingerprint density at radius 3 is 1.94 bits per heavy atom. The maximum Gasteiger partial charge on any atom is 0.251 e. The number of aliphatic hydroxyl groups is 5. The van der Waals surface area contributed by atoms with E-state index in [-0.39, 0.29) is 6.54 Å². The van der Waals surface area contributed by atoms with Crippen molar-refractivity contribution in [3.05, 3.63) is 0 Å². The van der Waals surface area contributed by atoms with Crippen LogP contribution in [0.5, 0.6) is 0 Å². The zero-order chi connectivity index (χ0) is 14.0. The second-order valence-electron chi connectivity index (χ2n) is 3.07. The van der Waals surface area contributed by atoms with Gasteiger partial charge in [-0.15, -0.1) is 0 Å². The number of rotatable bonds is 6. The van der Waals surface area contributed by atoms with Crippen molar-refractivity contribution >= 4 is 5.91 Å². The highest BCUT2D eigenvalue weighted by Gasteiger charge is 2.33. The van der Waals surface area contributed by atoms with Crippen LogP contribution >= 0.6 is 0 Å². The Morgan fingerprint density at radius 2 is 1.59 bits per heavy atom. The number of hydrogen-bond acceptors (Lipinski definition) is 6. The van der Waals surface area contributed by atoms with Crippen molar-refractivity contribution in [3.63, 3.8) is 0 Å². The molecule has 0 saturated heterocycles. The number of hydrogen-bond donors (Lipinski definition) is 6. The van der Waals surface area contributed by atoms with Gasteiger partial charge in [-0.25, -0.2) is 0 Å². The van der Waals surface area contributed by atoms with Gasteiger partial charge in [0, 0.05) is 6.54 Å². The first-order valence-corrected chi connectivity index (χ1v) is 5.56. The first-order valence-electron chi connectivity index (χ1n) is 5.56. The molecule has 0 aliphatic carbocycles. The smallest absolute Gasteiger partial charge is 0.251 e. The minimum absolute atomic E-state index is 0.265. The van der Waals surface area contributed by atoms with E-state index in [0.717, 1.165) is 0 Å². The fourth-order valence-corrected chi connectivity index (χ4v) is 0.956. The Kier molecular flexibility index (Phi) is 11.4. The van der Waals surface area contributed by atoms with Crippen LogP contribution in [0.25, 0.3) is 0 Å². The Hall–Kier alpha value is -0.730. The van der Waals surface area contributed by atoms with Gasteiger partial charge < -0.3 is 30.8 Å². The van der Waals surface area contributed by atoms with Gasteiger partial charge in [0.1, 0.15) is 18.3 Å². The number of nitrogens with one attached hydrogen (secondary N) is 1. The molecule has 0 aromatic rings. The molecule has 0 saturated carbocycles. The second kappa shape index (κ2) is 10.4. The van der Waals surface area contributed by atoms with Crippen molar-refractivity contribution in [3.8, 4) is 0 Å². The lowest BCUT2D eigenvalue weighted by molar-refractivity contribution is -0.148. The molecule has 104 valence electrons. The first-order chi connectivity index (χ1) is 7.95. The average molecular weight is 253 g/mol. The van der Waals surface area contributed by atoms with Crippen LogP contribution in [0.2, 0.25) is 0 Å². The van der Waals surface area contributed by atoms with E-state index in [1.807, 2.05) is 13.8 Å². The highest BCUT2D eigenvalue weighted by atomic mass is 16.4. The van der Waals surface area contributed by atoms with Gasteiger partial charge in [0.25, 0.3) is 5.91 Å². The summed E-state index contributed by atoms with van der Waals surface area (Å²) in [5, 5.41) is 47.3. The molecule has 0 aliphatic rings. The summed E-state index contributed by atoms with van der Waals surface area (Å²) in [5.41, 5.74) is 0. The van der Waals surface area contributed by atoms with E-state index in [9.17, 15) is 20.1 Å². The number of carbonyl (C=O) groups is 1. The van der Waals surface area contributed by atoms with Crippen molar-refractivity contribution in [2.45, 2.75) is 45.2 Å². The van der Waals surface area contributed by atoms with E-state index >= 15 is 0 Å². The van der Waals surface area contributed by atoms with Crippen LogP contribution in [-0.4, -0.2) is 69.0 Å². The quantitative estimate of drug-likeness (QED) is 0.312. The number of carbonyl (C=O) groups excluding carboxylic acids is 1. The summed E-state index contributed by atoms with van der Waals surface area (Å²) in [5.74, 6) is -0.853. The van der Waals surface area contributed by atoms with E-state index in [4.69, 9.17) is 10.2 Å².